The molecule has 0 saturated heterocycles. The van der Waals surface area contributed by atoms with E-state index in [1.54, 1.807) is 5.57 Å². The fraction of sp³-hybridized carbons (Fsp3) is 0.161. The molecule has 0 bridgehead atoms. The smallest absolute Gasteiger partial charge is 0.0713 e. The third-order valence-electron chi connectivity index (χ3n) is 15.1. The molecule has 1 nitrogen and oxygen atoms in total. The minimum atomic E-state index is -0.455. The number of hydrogen-bond acceptors (Lipinski definition) is 1. The molecule has 0 saturated carbocycles. The Bertz CT molecular complexity index is 3030. The Kier molecular flexibility index (Phi) is 8.90. The van der Waals surface area contributed by atoms with Crippen molar-refractivity contribution in [3.05, 3.63) is 274 Å². The van der Waals surface area contributed by atoms with Crippen LogP contribution in [0, 0.1) is 17.3 Å². The molecule has 1 heteroatoms. The van der Waals surface area contributed by atoms with Crippen LogP contribution in [0.25, 0.3) is 27.8 Å². The first-order chi connectivity index (χ1) is 31.0. The lowest BCUT2D eigenvalue weighted by Crippen LogP contribution is -2.31. The molecule has 0 radical (unpaired) electrons. The fourth-order valence-corrected chi connectivity index (χ4v) is 12.2. The first kappa shape index (κ1) is 37.8. The normalized spacial score (nSPS) is 20.8. The van der Waals surface area contributed by atoms with Crippen LogP contribution in [-0.2, 0) is 5.41 Å². The Morgan fingerprint density at radius 2 is 1.27 bits per heavy atom. The van der Waals surface area contributed by atoms with Gasteiger partial charge >= 0.3 is 0 Å². The lowest BCUT2D eigenvalue weighted by Gasteiger charge is -2.40. The van der Waals surface area contributed by atoms with Gasteiger partial charge in [-0.1, -0.05) is 201 Å². The average molecular weight is 810 g/mol. The van der Waals surface area contributed by atoms with E-state index in [9.17, 15) is 0 Å². The van der Waals surface area contributed by atoms with Crippen LogP contribution in [0.5, 0.6) is 0 Å². The van der Waals surface area contributed by atoms with Crippen molar-refractivity contribution < 1.29 is 0 Å². The summed E-state index contributed by atoms with van der Waals surface area (Å²) in [6, 6.07) is 59.1. The highest BCUT2D eigenvalue weighted by molar-refractivity contribution is 5.89. The molecule has 0 fully saturated rings. The summed E-state index contributed by atoms with van der Waals surface area (Å²) in [5, 5.41) is 0. The summed E-state index contributed by atoms with van der Waals surface area (Å²) in [6.45, 7) is 5.00. The second-order valence-electron chi connectivity index (χ2n) is 18.6. The van der Waals surface area contributed by atoms with Crippen LogP contribution in [0.1, 0.15) is 67.3 Å². The van der Waals surface area contributed by atoms with Gasteiger partial charge in [-0.2, -0.15) is 0 Å². The lowest BCUT2D eigenvalue weighted by atomic mass is 9.67. The number of benzene rings is 6. The van der Waals surface area contributed by atoms with Gasteiger partial charge in [0.1, 0.15) is 0 Å². The zero-order valence-electron chi connectivity index (χ0n) is 36.1. The van der Waals surface area contributed by atoms with Crippen molar-refractivity contribution in [2.24, 2.45) is 17.3 Å². The van der Waals surface area contributed by atoms with Crippen molar-refractivity contribution in [2.75, 3.05) is 4.90 Å². The first-order valence-corrected chi connectivity index (χ1v) is 22.9. The number of hydrogen-bond donors (Lipinski definition) is 0. The minimum Gasteiger partial charge on any atom is -0.314 e. The largest absolute Gasteiger partial charge is 0.314 e. The maximum Gasteiger partial charge on any atom is 0.0713 e. The van der Waals surface area contributed by atoms with E-state index in [1.165, 1.54) is 89.4 Å². The fourth-order valence-electron chi connectivity index (χ4n) is 12.2. The molecular formula is C62H51N. The topological polar surface area (TPSA) is 3.24 Å². The molecule has 0 heterocycles. The molecule has 63 heavy (non-hydrogen) atoms. The van der Waals surface area contributed by atoms with Crippen LogP contribution < -0.4 is 4.90 Å². The molecule has 12 rings (SSSR count). The van der Waals surface area contributed by atoms with E-state index in [4.69, 9.17) is 0 Å². The van der Waals surface area contributed by atoms with Crippen LogP contribution in [0.2, 0.25) is 0 Å². The molecule has 6 aliphatic carbocycles. The molecule has 2 unspecified atom stereocenters. The summed E-state index contributed by atoms with van der Waals surface area (Å²) in [7, 11) is 0. The van der Waals surface area contributed by atoms with Crippen molar-refractivity contribution in [3.8, 4) is 22.3 Å². The SMILES string of the molecule is CC1(C)C2=C(C=CCC2)C2=CC=C(N(C3=C(c4ccccc4)C4CC=CC=C4C=C3)c3cccc(-c4ccc5c(c4)C(c4ccccc4)(c4ccccc4)c4ccccc4-5)c3)CC21. The van der Waals surface area contributed by atoms with Crippen LogP contribution in [0.3, 0.4) is 0 Å². The van der Waals surface area contributed by atoms with E-state index in [0.29, 0.717) is 5.92 Å². The van der Waals surface area contributed by atoms with Gasteiger partial charge in [0, 0.05) is 17.3 Å². The van der Waals surface area contributed by atoms with Gasteiger partial charge in [0.25, 0.3) is 0 Å². The molecule has 2 atom stereocenters. The quantitative estimate of drug-likeness (QED) is 0.155. The number of allylic oxidation sites excluding steroid dienone is 15. The van der Waals surface area contributed by atoms with E-state index in [-0.39, 0.29) is 11.3 Å². The minimum absolute atomic E-state index is 0.0913. The maximum atomic E-state index is 2.63. The predicted molar refractivity (Wildman–Crippen MR) is 263 cm³/mol. The number of anilines is 1. The Morgan fingerprint density at radius 1 is 0.571 bits per heavy atom. The molecule has 0 spiro atoms. The second-order valence-corrected chi connectivity index (χ2v) is 18.6. The first-order valence-electron chi connectivity index (χ1n) is 22.9. The molecule has 0 amide bonds. The number of fused-ring (bicyclic) bond motifs is 6. The Labute approximate surface area is 372 Å². The number of nitrogens with zero attached hydrogens (tertiary/aromatic N) is 1. The van der Waals surface area contributed by atoms with Crippen LogP contribution in [0.15, 0.2) is 246 Å². The monoisotopic (exact) mass is 809 g/mol. The van der Waals surface area contributed by atoms with Gasteiger partial charge in [-0.3, -0.25) is 0 Å². The highest BCUT2D eigenvalue weighted by Crippen LogP contribution is 2.59. The van der Waals surface area contributed by atoms with Gasteiger partial charge in [0.15, 0.2) is 0 Å². The van der Waals surface area contributed by atoms with Crippen molar-refractivity contribution in [2.45, 2.75) is 44.9 Å². The van der Waals surface area contributed by atoms with Crippen LogP contribution >= 0.6 is 0 Å². The zero-order valence-corrected chi connectivity index (χ0v) is 36.1. The summed E-state index contributed by atoms with van der Waals surface area (Å²) in [5.41, 5.74) is 22.4. The Balaban J connectivity index is 1.05. The Morgan fingerprint density at radius 3 is 2.06 bits per heavy atom. The van der Waals surface area contributed by atoms with Gasteiger partial charge in [-0.15, -0.1) is 0 Å². The summed E-state index contributed by atoms with van der Waals surface area (Å²) in [6.07, 6.45) is 25.6. The van der Waals surface area contributed by atoms with E-state index in [0.717, 1.165) is 25.7 Å². The van der Waals surface area contributed by atoms with E-state index < -0.39 is 5.41 Å². The standard InChI is InChI=1S/C62H51N/c1-61(2)55-31-16-14-29-51(55)53-37-35-49(41-57(53)61)63(59-38-34-42-19-12-13-28-50(42)60(59)43-20-6-3-7-21-43)48-27-18-22-44(39-48)45-33-36-54-52-30-15-17-32-56(52)62(58(54)40-45,46-23-8-4-9-24-46)47-25-10-5-11-26-47/h3-15,17-27,29-30,32-40,50,57H,16,28,31,41H2,1-2H3. The van der Waals surface area contributed by atoms with Crippen molar-refractivity contribution in [3.63, 3.8) is 0 Å². The summed E-state index contributed by atoms with van der Waals surface area (Å²) in [5.74, 6) is 0.697. The summed E-state index contributed by atoms with van der Waals surface area (Å²) < 4.78 is 0. The predicted octanol–water partition coefficient (Wildman–Crippen LogP) is 15.5. The van der Waals surface area contributed by atoms with Gasteiger partial charge in [0.2, 0.25) is 0 Å². The molecule has 6 aromatic rings. The molecule has 0 N–H and O–H groups in total. The van der Waals surface area contributed by atoms with Gasteiger partial charge in [-0.05, 0) is 140 Å². The highest BCUT2D eigenvalue weighted by atomic mass is 15.2. The summed E-state index contributed by atoms with van der Waals surface area (Å²) >= 11 is 0. The van der Waals surface area contributed by atoms with Crippen LogP contribution in [0.4, 0.5) is 5.69 Å². The van der Waals surface area contributed by atoms with E-state index in [2.05, 4.69) is 231 Å². The molecular weight excluding hydrogens is 759 g/mol. The zero-order chi connectivity index (χ0) is 42.1. The van der Waals surface area contributed by atoms with E-state index >= 15 is 0 Å². The van der Waals surface area contributed by atoms with Crippen molar-refractivity contribution in [1.82, 2.24) is 0 Å². The third kappa shape index (κ3) is 5.83. The van der Waals surface area contributed by atoms with Crippen molar-refractivity contribution in [1.29, 1.82) is 0 Å². The number of rotatable bonds is 7. The molecule has 0 aliphatic heterocycles. The second kappa shape index (κ2) is 14.8. The van der Waals surface area contributed by atoms with Crippen LogP contribution in [-0.4, -0.2) is 0 Å². The van der Waals surface area contributed by atoms with Crippen molar-refractivity contribution >= 4 is 11.3 Å². The third-order valence-corrected chi connectivity index (χ3v) is 15.1. The molecule has 0 aromatic heterocycles. The van der Waals surface area contributed by atoms with E-state index in [1.807, 2.05) is 0 Å². The molecule has 6 aromatic carbocycles. The average Bonchev–Trinajstić information content (AvgIpc) is 3.77. The maximum absolute atomic E-state index is 2.63. The summed E-state index contributed by atoms with van der Waals surface area (Å²) in [4.78, 5) is 2.63. The highest BCUT2D eigenvalue weighted by Gasteiger charge is 2.47. The van der Waals surface area contributed by atoms with Gasteiger partial charge in [-0.25, -0.2) is 0 Å². The Hall–Kier alpha value is -6.96. The lowest BCUT2D eigenvalue weighted by molar-refractivity contribution is 0.315. The van der Waals surface area contributed by atoms with Gasteiger partial charge < -0.3 is 4.90 Å². The van der Waals surface area contributed by atoms with Gasteiger partial charge in [0.05, 0.1) is 11.1 Å². The molecule has 304 valence electrons. The molecule has 6 aliphatic rings.